The molecule has 0 saturated carbocycles. The fourth-order valence-electron chi connectivity index (χ4n) is 3.43. The van der Waals surface area contributed by atoms with E-state index >= 15 is 0 Å². The van der Waals surface area contributed by atoms with E-state index in [0.29, 0.717) is 42.3 Å². The number of aryl methyl sites for hydroxylation is 2. The third kappa shape index (κ3) is 2.49. The number of hydrogen-bond acceptors (Lipinski definition) is 4. The third-order valence-corrected chi connectivity index (χ3v) is 5.28. The maximum Gasteiger partial charge on any atom is 0.332 e. The molecule has 0 fully saturated rings. The van der Waals surface area contributed by atoms with Crippen molar-refractivity contribution in [2.75, 3.05) is 11.4 Å². The standard InChI is InChI=1S/C17H17BrFN5O2/c1-21-14-13(15(25)22(2)17(21)26)24-7-3-6-23(16(24)20-14)9-10-8-11(18)4-5-12(10)19/h4-5,8H,3,6-7,9H2,1-2H3. The lowest BCUT2D eigenvalue weighted by Crippen LogP contribution is -2.38. The highest BCUT2D eigenvalue weighted by atomic mass is 79.9. The second kappa shape index (κ2) is 6.08. The molecule has 0 N–H and O–H groups in total. The first-order valence-electron chi connectivity index (χ1n) is 8.23. The number of halogens is 2. The monoisotopic (exact) mass is 421 g/mol. The van der Waals surface area contributed by atoms with Crippen molar-refractivity contribution in [3.8, 4) is 0 Å². The molecule has 0 unspecified atom stereocenters. The van der Waals surface area contributed by atoms with Crippen LogP contribution in [0.4, 0.5) is 10.3 Å². The number of nitrogens with zero attached hydrogens (tertiary/aromatic N) is 5. The summed E-state index contributed by atoms with van der Waals surface area (Å²) in [4.78, 5) is 31.3. The van der Waals surface area contributed by atoms with Crippen LogP contribution in [0.3, 0.4) is 0 Å². The van der Waals surface area contributed by atoms with Gasteiger partial charge in [-0.15, -0.1) is 0 Å². The molecule has 9 heteroatoms. The van der Waals surface area contributed by atoms with Gasteiger partial charge in [-0.25, -0.2) is 9.18 Å². The number of benzene rings is 1. The van der Waals surface area contributed by atoms with Gasteiger partial charge in [0.25, 0.3) is 5.56 Å². The van der Waals surface area contributed by atoms with Crippen LogP contribution in [-0.4, -0.2) is 25.2 Å². The number of fused-ring (bicyclic) bond motifs is 3. The lowest BCUT2D eigenvalue weighted by molar-refractivity contribution is 0.548. The molecular weight excluding hydrogens is 405 g/mol. The van der Waals surface area contributed by atoms with Crippen LogP contribution in [0.1, 0.15) is 12.0 Å². The minimum absolute atomic E-state index is 0.287. The molecule has 1 aromatic carbocycles. The Morgan fingerprint density at radius 2 is 1.96 bits per heavy atom. The summed E-state index contributed by atoms with van der Waals surface area (Å²) in [5.74, 6) is 0.300. The summed E-state index contributed by atoms with van der Waals surface area (Å²) >= 11 is 3.37. The first-order valence-corrected chi connectivity index (χ1v) is 9.03. The predicted octanol–water partition coefficient (Wildman–Crippen LogP) is 1.75. The van der Waals surface area contributed by atoms with Crippen molar-refractivity contribution in [1.82, 2.24) is 18.7 Å². The van der Waals surface area contributed by atoms with Gasteiger partial charge in [0.15, 0.2) is 11.2 Å². The van der Waals surface area contributed by atoms with Gasteiger partial charge >= 0.3 is 5.69 Å². The summed E-state index contributed by atoms with van der Waals surface area (Å²) in [6.07, 6.45) is 0.806. The van der Waals surface area contributed by atoms with Crippen LogP contribution in [0, 0.1) is 5.82 Å². The largest absolute Gasteiger partial charge is 0.338 e. The second-order valence-electron chi connectivity index (χ2n) is 6.45. The van der Waals surface area contributed by atoms with Crippen molar-refractivity contribution in [3.63, 3.8) is 0 Å². The highest BCUT2D eigenvalue weighted by Crippen LogP contribution is 2.27. The summed E-state index contributed by atoms with van der Waals surface area (Å²) in [6, 6.07) is 4.82. The average Bonchev–Trinajstić information content (AvgIpc) is 3.02. The number of aromatic nitrogens is 4. The minimum Gasteiger partial charge on any atom is -0.338 e. The molecule has 0 spiro atoms. The highest BCUT2D eigenvalue weighted by molar-refractivity contribution is 9.10. The fourth-order valence-corrected chi connectivity index (χ4v) is 3.84. The quantitative estimate of drug-likeness (QED) is 0.632. The normalized spacial score (nSPS) is 14.1. The van der Waals surface area contributed by atoms with E-state index in [9.17, 15) is 14.0 Å². The van der Waals surface area contributed by atoms with Gasteiger partial charge in [0.1, 0.15) is 5.82 Å². The molecule has 136 valence electrons. The molecule has 0 radical (unpaired) electrons. The van der Waals surface area contributed by atoms with Crippen molar-refractivity contribution in [1.29, 1.82) is 0 Å². The molecule has 0 bridgehead atoms. The molecule has 26 heavy (non-hydrogen) atoms. The third-order valence-electron chi connectivity index (χ3n) is 4.79. The first kappa shape index (κ1) is 17.0. The van der Waals surface area contributed by atoms with Crippen LogP contribution in [0.5, 0.6) is 0 Å². The average molecular weight is 422 g/mol. The summed E-state index contributed by atoms with van der Waals surface area (Å²) < 4.78 is 19.3. The van der Waals surface area contributed by atoms with Gasteiger partial charge in [0.2, 0.25) is 5.95 Å². The van der Waals surface area contributed by atoms with Crippen molar-refractivity contribution in [3.05, 3.63) is 54.9 Å². The van der Waals surface area contributed by atoms with Gasteiger partial charge in [-0.2, -0.15) is 4.98 Å². The Morgan fingerprint density at radius 3 is 2.73 bits per heavy atom. The molecular formula is C17H17BrFN5O2. The maximum atomic E-state index is 14.2. The van der Waals surface area contributed by atoms with Gasteiger partial charge < -0.3 is 9.47 Å². The first-order chi connectivity index (χ1) is 12.4. The van der Waals surface area contributed by atoms with Crippen molar-refractivity contribution >= 4 is 33.0 Å². The topological polar surface area (TPSA) is 65.1 Å². The van der Waals surface area contributed by atoms with Gasteiger partial charge in [-0.1, -0.05) is 15.9 Å². The van der Waals surface area contributed by atoms with E-state index in [1.54, 1.807) is 19.2 Å². The zero-order chi connectivity index (χ0) is 18.6. The number of hydrogen-bond donors (Lipinski definition) is 0. The Morgan fingerprint density at radius 1 is 1.19 bits per heavy atom. The Balaban J connectivity index is 1.88. The zero-order valence-corrected chi connectivity index (χ0v) is 16.0. The summed E-state index contributed by atoms with van der Waals surface area (Å²) in [6.45, 7) is 1.67. The maximum absolute atomic E-state index is 14.2. The van der Waals surface area contributed by atoms with E-state index in [2.05, 4.69) is 20.9 Å². The Kier molecular flexibility index (Phi) is 3.98. The van der Waals surface area contributed by atoms with Crippen molar-refractivity contribution in [2.45, 2.75) is 19.5 Å². The van der Waals surface area contributed by atoms with E-state index in [1.165, 1.54) is 17.7 Å². The van der Waals surface area contributed by atoms with Gasteiger partial charge in [0.05, 0.1) is 0 Å². The molecule has 0 atom stereocenters. The van der Waals surface area contributed by atoms with E-state index < -0.39 is 5.69 Å². The van der Waals surface area contributed by atoms with Gasteiger partial charge in [0, 0.05) is 43.8 Å². The highest BCUT2D eigenvalue weighted by Gasteiger charge is 2.26. The van der Waals surface area contributed by atoms with E-state index in [0.717, 1.165) is 15.5 Å². The number of anilines is 1. The minimum atomic E-state index is -0.414. The molecule has 0 aliphatic carbocycles. The predicted molar refractivity (Wildman–Crippen MR) is 100.0 cm³/mol. The van der Waals surface area contributed by atoms with Gasteiger partial charge in [-0.3, -0.25) is 13.9 Å². The van der Waals surface area contributed by atoms with E-state index in [4.69, 9.17) is 0 Å². The number of imidazole rings is 1. The zero-order valence-electron chi connectivity index (χ0n) is 14.4. The summed E-state index contributed by atoms with van der Waals surface area (Å²) in [5.41, 5.74) is 0.528. The molecule has 0 saturated heterocycles. The van der Waals surface area contributed by atoms with Crippen LogP contribution in [0.25, 0.3) is 11.2 Å². The van der Waals surface area contributed by atoms with Crippen molar-refractivity contribution in [2.24, 2.45) is 14.1 Å². The van der Waals surface area contributed by atoms with Crippen LogP contribution >= 0.6 is 15.9 Å². The summed E-state index contributed by atoms with van der Waals surface area (Å²) in [5, 5.41) is 0. The van der Waals surface area contributed by atoms with Crippen LogP contribution in [0.2, 0.25) is 0 Å². The molecule has 4 rings (SSSR count). The van der Waals surface area contributed by atoms with Crippen LogP contribution < -0.4 is 16.1 Å². The fraction of sp³-hybridized carbons (Fsp3) is 0.353. The van der Waals surface area contributed by atoms with Crippen molar-refractivity contribution < 1.29 is 4.39 Å². The Bertz CT molecular complexity index is 1150. The molecule has 2 aromatic heterocycles. The summed E-state index contributed by atoms with van der Waals surface area (Å²) in [7, 11) is 3.06. The van der Waals surface area contributed by atoms with E-state index in [-0.39, 0.29) is 11.4 Å². The molecule has 7 nitrogen and oxygen atoms in total. The second-order valence-corrected chi connectivity index (χ2v) is 7.37. The van der Waals surface area contributed by atoms with Crippen LogP contribution in [-0.2, 0) is 27.2 Å². The van der Waals surface area contributed by atoms with E-state index in [1.807, 2.05) is 9.47 Å². The molecule has 0 amide bonds. The smallest absolute Gasteiger partial charge is 0.332 e. The Hall–Kier alpha value is -2.42. The molecule has 3 heterocycles. The number of rotatable bonds is 2. The molecule has 1 aliphatic heterocycles. The molecule has 3 aromatic rings. The SMILES string of the molecule is Cn1c(=O)c2c(nc3n2CCCN3Cc2cc(Br)ccc2F)n(C)c1=O. The molecule has 1 aliphatic rings. The Labute approximate surface area is 156 Å². The lowest BCUT2D eigenvalue weighted by Gasteiger charge is -2.29. The van der Waals surface area contributed by atoms with Crippen LogP contribution in [0.15, 0.2) is 32.3 Å². The lowest BCUT2D eigenvalue weighted by atomic mass is 10.2. The van der Waals surface area contributed by atoms with Gasteiger partial charge in [-0.05, 0) is 24.6 Å².